The zero-order valence-corrected chi connectivity index (χ0v) is 22.5. The maximum Gasteiger partial charge on any atom is 0.274 e. The van der Waals surface area contributed by atoms with Gasteiger partial charge in [-0.2, -0.15) is 5.10 Å². The largest absolute Gasteiger partial charge is 0.445 e. The number of H-pyrrole nitrogens is 1. The highest BCUT2D eigenvalue weighted by atomic mass is 32.2. The average Bonchev–Trinajstić information content (AvgIpc) is 3.68. The zero-order valence-electron chi connectivity index (χ0n) is 21.7. The number of anilines is 1. The highest BCUT2D eigenvalue weighted by molar-refractivity contribution is 7.92. The number of nitrogens with one attached hydrogen (secondary N) is 2. The lowest BCUT2D eigenvalue weighted by atomic mass is 9.96. The van der Waals surface area contributed by atoms with E-state index in [1.807, 2.05) is 13.0 Å². The Morgan fingerprint density at radius 1 is 1.08 bits per heavy atom. The molecule has 0 aliphatic heterocycles. The van der Waals surface area contributed by atoms with Gasteiger partial charge in [-0.3, -0.25) is 9.89 Å². The van der Waals surface area contributed by atoms with Gasteiger partial charge in [-0.05, 0) is 56.2 Å². The number of aromatic amines is 1. The molecule has 0 fully saturated rings. The van der Waals surface area contributed by atoms with Crippen LogP contribution in [0.15, 0.2) is 74.8 Å². The second kappa shape index (κ2) is 10.2. The molecule has 0 bridgehead atoms. The van der Waals surface area contributed by atoms with E-state index in [4.69, 9.17) is 8.94 Å². The molecule has 0 atom stereocenters. The van der Waals surface area contributed by atoms with Crippen LogP contribution >= 0.6 is 0 Å². The van der Waals surface area contributed by atoms with E-state index in [9.17, 15) is 13.2 Å². The Balaban J connectivity index is 1.58. The smallest absolute Gasteiger partial charge is 0.274 e. The van der Waals surface area contributed by atoms with Crippen molar-refractivity contribution in [2.24, 2.45) is 0 Å². The first-order valence-corrected chi connectivity index (χ1v) is 13.5. The topological polar surface area (TPSA) is 147 Å². The van der Waals surface area contributed by atoms with Gasteiger partial charge in [0, 0.05) is 36.0 Å². The van der Waals surface area contributed by atoms with Gasteiger partial charge in [0.05, 0.1) is 16.8 Å². The van der Waals surface area contributed by atoms with Gasteiger partial charge in [0.15, 0.2) is 0 Å². The fraction of sp³-hybridized carbons (Fsp3) is 0.185. The minimum absolute atomic E-state index is 0.0421. The van der Waals surface area contributed by atoms with Crippen LogP contribution in [0.3, 0.4) is 0 Å². The van der Waals surface area contributed by atoms with Crippen molar-refractivity contribution in [2.45, 2.75) is 32.2 Å². The second-order valence-corrected chi connectivity index (χ2v) is 10.8. The predicted octanol–water partition coefficient (Wildman–Crippen LogP) is 4.72. The molecule has 0 aliphatic rings. The molecule has 3 aromatic heterocycles. The van der Waals surface area contributed by atoms with Gasteiger partial charge in [0.25, 0.3) is 15.9 Å². The molecular weight excluding hydrogens is 520 g/mol. The lowest BCUT2D eigenvalue weighted by Gasteiger charge is -2.20. The molecule has 5 aromatic rings. The Hall–Kier alpha value is -4.71. The fourth-order valence-corrected chi connectivity index (χ4v) is 5.42. The first-order chi connectivity index (χ1) is 18.6. The summed E-state index contributed by atoms with van der Waals surface area (Å²) in [5.41, 5.74) is 4.67. The van der Waals surface area contributed by atoms with Crippen molar-refractivity contribution in [2.75, 3.05) is 11.8 Å². The van der Waals surface area contributed by atoms with Crippen molar-refractivity contribution in [3.63, 3.8) is 0 Å². The third kappa shape index (κ3) is 5.18. The van der Waals surface area contributed by atoms with Crippen LogP contribution in [0.4, 0.5) is 5.88 Å². The number of carbonyl (C=O) groups is 1. The highest BCUT2D eigenvalue weighted by Gasteiger charge is 2.25. The number of aryl methyl sites for hydroxylation is 2. The summed E-state index contributed by atoms with van der Waals surface area (Å²) in [4.78, 5) is 18.9. The number of sulfonamides is 1. The molecular formula is C27H26N6O5S. The summed E-state index contributed by atoms with van der Waals surface area (Å²) in [7, 11) is -2.41. The van der Waals surface area contributed by atoms with Crippen molar-refractivity contribution in [1.82, 2.24) is 25.2 Å². The summed E-state index contributed by atoms with van der Waals surface area (Å²) in [6, 6.07) is 13.7. The van der Waals surface area contributed by atoms with Crippen LogP contribution in [0.2, 0.25) is 0 Å². The van der Waals surface area contributed by atoms with Gasteiger partial charge in [-0.25, -0.2) is 18.1 Å². The predicted molar refractivity (Wildman–Crippen MR) is 143 cm³/mol. The summed E-state index contributed by atoms with van der Waals surface area (Å²) in [6.45, 7) is 5.43. The van der Waals surface area contributed by atoms with Crippen LogP contribution in [0, 0.1) is 20.8 Å². The van der Waals surface area contributed by atoms with Crippen LogP contribution < -0.4 is 4.72 Å². The molecule has 12 heteroatoms. The molecule has 5 rings (SSSR count). The number of amides is 1. The SMILES string of the molecule is Cc1cc(C(=O)N(C)Cc2cc(-c3ncco3)ccc2-c2ccccc2S(=O)(=O)Nc2onc(C)c2C)n[nH]1. The van der Waals surface area contributed by atoms with Crippen LogP contribution in [-0.2, 0) is 16.6 Å². The van der Waals surface area contributed by atoms with Crippen molar-refractivity contribution >= 4 is 21.8 Å². The number of aromatic nitrogens is 4. The third-order valence-corrected chi connectivity index (χ3v) is 7.70. The van der Waals surface area contributed by atoms with E-state index in [-0.39, 0.29) is 28.9 Å². The molecule has 0 radical (unpaired) electrons. The normalized spacial score (nSPS) is 11.5. The molecule has 2 N–H and O–H groups in total. The molecule has 0 aliphatic carbocycles. The number of hydrogen-bond acceptors (Lipinski definition) is 8. The first kappa shape index (κ1) is 25.9. The van der Waals surface area contributed by atoms with Crippen LogP contribution in [-0.4, -0.2) is 46.6 Å². The molecule has 0 saturated carbocycles. The summed E-state index contributed by atoms with van der Waals surface area (Å²) in [5, 5.41) is 10.7. The lowest BCUT2D eigenvalue weighted by Crippen LogP contribution is -2.27. The van der Waals surface area contributed by atoms with E-state index >= 15 is 0 Å². The number of carbonyl (C=O) groups excluding carboxylic acids is 1. The van der Waals surface area contributed by atoms with Crippen molar-refractivity contribution in [3.05, 3.63) is 89.2 Å². The van der Waals surface area contributed by atoms with Crippen LogP contribution in [0.25, 0.3) is 22.6 Å². The number of benzene rings is 2. The lowest BCUT2D eigenvalue weighted by molar-refractivity contribution is 0.0779. The quantitative estimate of drug-likeness (QED) is 0.284. The van der Waals surface area contributed by atoms with Gasteiger partial charge in [0.1, 0.15) is 12.0 Å². The van der Waals surface area contributed by atoms with Crippen molar-refractivity contribution in [1.29, 1.82) is 0 Å². The summed E-state index contributed by atoms with van der Waals surface area (Å²) >= 11 is 0. The van der Waals surface area contributed by atoms with Gasteiger partial charge in [-0.15, -0.1) is 0 Å². The molecule has 0 unspecified atom stereocenters. The van der Waals surface area contributed by atoms with Crippen molar-refractivity contribution < 1.29 is 22.2 Å². The maximum absolute atomic E-state index is 13.5. The Morgan fingerprint density at radius 3 is 2.54 bits per heavy atom. The van der Waals surface area contributed by atoms with Gasteiger partial charge in [0.2, 0.25) is 11.8 Å². The van der Waals surface area contributed by atoms with E-state index < -0.39 is 10.0 Å². The third-order valence-electron chi connectivity index (χ3n) is 6.31. The van der Waals surface area contributed by atoms with E-state index in [1.165, 1.54) is 17.2 Å². The molecule has 11 nitrogen and oxygen atoms in total. The van der Waals surface area contributed by atoms with E-state index in [0.29, 0.717) is 39.4 Å². The maximum atomic E-state index is 13.5. The minimum atomic E-state index is -4.07. The summed E-state index contributed by atoms with van der Waals surface area (Å²) < 4.78 is 40.3. The number of hydrogen-bond donors (Lipinski definition) is 2. The standard InChI is InChI=1S/C27H26N6O5S/c1-16-13-23(30-29-16)27(34)33(4)15-20-14-19(26-28-11-12-37-26)9-10-21(20)22-7-5-6-8-24(22)39(35,36)32-25-17(2)18(3)31-38-25/h5-14,32H,15H2,1-4H3,(H,29,30). The van der Waals surface area contributed by atoms with Gasteiger partial charge >= 0.3 is 0 Å². The Kier molecular flexibility index (Phi) is 6.79. The van der Waals surface area contributed by atoms with E-state index in [2.05, 4.69) is 25.1 Å². The second-order valence-electron chi connectivity index (χ2n) is 9.13. The molecule has 2 aromatic carbocycles. The van der Waals surface area contributed by atoms with Gasteiger partial charge < -0.3 is 13.8 Å². The molecule has 1 amide bonds. The number of nitrogens with zero attached hydrogens (tertiary/aromatic N) is 4. The van der Waals surface area contributed by atoms with Crippen LogP contribution in [0.5, 0.6) is 0 Å². The summed E-state index contributed by atoms with van der Waals surface area (Å²) in [5.74, 6) is 0.172. The Morgan fingerprint density at radius 2 is 1.87 bits per heavy atom. The zero-order chi connectivity index (χ0) is 27.7. The minimum Gasteiger partial charge on any atom is -0.445 e. The Bertz CT molecular complexity index is 1750. The van der Waals surface area contributed by atoms with Gasteiger partial charge in [-0.1, -0.05) is 29.4 Å². The molecule has 0 saturated heterocycles. The van der Waals surface area contributed by atoms with Crippen molar-refractivity contribution in [3.8, 4) is 22.6 Å². The number of rotatable bonds is 8. The monoisotopic (exact) mass is 546 g/mol. The highest BCUT2D eigenvalue weighted by Crippen LogP contribution is 2.34. The fourth-order valence-electron chi connectivity index (χ4n) is 4.15. The van der Waals surface area contributed by atoms with E-state index in [1.54, 1.807) is 63.5 Å². The molecule has 0 spiro atoms. The molecule has 3 heterocycles. The van der Waals surface area contributed by atoms with Crippen LogP contribution in [0.1, 0.15) is 33.0 Å². The molecule has 200 valence electrons. The van der Waals surface area contributed by atoms with E-state index in [0.717, 1.165) is 5.69 Å². The molecule has 39 heavy (non-hydrogen) atoms. The number of oxazole rings is 1. The first-order valence-electron chi connectivity index (χ1n) is 12.0. The Labute approximate surface area is 224 Å². The average molecular weight is 547 g/mol. The summed E-state index contributed by atoms with van der Waals surface area (Å²) in [6.07, 6.45) is 3.01.